The van der Waals surface area contributed by atoms with E-state index in [4.69, 9.17) is 11.2 Å². The maximum absolute atomic E-state index is 11.9. The monoisotopic (exact) mass is 245 g/mol. The van der Waals surface area contributed by atoms with Crippen LogP contribution in [-0.2, 0) is 14.6 Å². The van der Waals surface area contributed by atoms with E-state index in [0.717, 1.165) is 12.8 Å². The molecule has 0 radical (unpaired) electrons. The molecule has 0 bridgehead atoms. The van der Waals surface area contributed by atoms with E-state index in [1.54, 1.807) is 6.92 Å². The van der Waals surface area contributed by atoms with Crippen LogP contribution >= 0.6 is 0 Å². The smallest absolute Gasteiger partial charge is 0.156 e. The predicted molar refractivity (Wildman–Crippen MR) is 63.9 cm³/mol. The highest BCUT2D eigenvalue weighted by atomic mass is 32.2. The zero-order valence-corrected chi connectivity index (χ0v) is 10.4. The Morgan fingerprint density at radius 3 is 2.94 bits per heavy atom. The Hall–Kier alpha value is -0.570. The van der Waals surface area contributed by atoms with Gasteiger partial charge in [-0.1, -0.05) is 5.92 Å². The van der Waals surface area contributed by atoms with Gasteiger partial charge in [0, 0.05) is 13.2 Å². The average Bonchev–Trinajstić information content (AvgIpc) is 2.70. The summed E-state index contributed by atoms with van der Waals surface area (Å²) in [6.45, 7) is 3.19. The minimum Gasteiger partial charge on any atom is -0.377 e. The van der Waals surface area contributed by atoms with E-state index < -0.39 is 15.1 Å². The van der Waals surface area contributed by atoms with E-state index in [1.807, 2.05) is 0 Å². The summed E-state index contributed by atoms with van der Waals surface area (Å²) in [5, 5.41) is 2.50. The van der Waals surface area contributed by atoms with Crippen LogP contribution in [0.1, 0.15) is 19.8 Å². The summed E-state index contributed by atoms with van der Waals surface area (Å²) in [6.07, 6.45) is 6.78. The first-order chi connectivity index (χ1) is 7.56. The van der Waals surface area contributed by atoms with E-state index in [1.165, 1.54) is 0 Å². The van der Waals surface area contributed by atoms with Gasteiger partial charge in [-0.15, -0.1) is 6.42 Å². The van der Waals surface area contributed by atoms with E-state index in [0.29, 0.717) is 19.7 Å². The molecule has 0 aromatic rings. The van der Waals surface area contributed by atoms with Crippen LogP contribution < -0.4 is 5.32 Å². The molecule has 1 fully saturated rings. The Balaban J connectivity index is 2.39. The molecule has 1 aliphatic heterocycles. The molecule has 0 amide bonds. The van der Waals surface area contributed by atoms with E-state index in [2.05, 4.69) is 11.2 Å². The molecule has 0 aromatic heterocycles. The molecule has 0 aliphatic carbocycles. The summed E-state index contributed by atoms with van der Waals surface area (Å²) < 4.78 is 29.2. The lowest BCUT2D eigenvalue weighted by Crippen LogP contribution is -2.35. The van der Waals surface area contributed by atoms with Crippen LogP contribution in [0.5, 0.6) is 0 Å². The number of terminal acetylenes is 1. The first-order valence-corrected chi connectivity index (χ1v) is 7.25. The standard InChI is InChI=1S/C11H19NO3S/c1-3-6-12-8-10(2)16(13,14)9-11-5-4-7-15-11/h1,10-12H,4-9H2,2H3. The summed E-state index contributed by atoms with van der Waals surface area (Å²) in [5.74, 6) is 2.55. The summed E-state index contributed by atoms with van der Waals surface area (Å²) in [5.41, 5.74) is 0. The lowest BCUT2D eigenvalue weighted by molar-refractivity contribution is 0.127. The number of hydrogen-bond donors (Lipinski definition) is 1. The topological polar surface area (TPSA) is 55.4 Å². The average molecular weight is 245 g/mol. The van der Waals surface area contributed by atoms with Crippen molar-refractivity contribution in [2.24, 2.45) is 0 Å². The maximum atomic E-state index is 11.9. The highest BCUT2D eigenvalue weighted by Crippen LogP contribution is 2.16. The van der Waals surface area contributed by atoms with Crippen LogP contribution in [0.2, 0.25) is 0 Å². The van der Waals surface area contributed by atoms with Gasteiger partial charge in [0.1, 0.15) is 0 Å². The van der Waals surface area contributed by atoms with Crippen molar-refractivity contribution in [3.05, 3.63) is 0 Å². The minimum atomic E-state index is -3.08. The van der Waals surface area contributed by atoms with Gasteiger partial charge in [-0.25, -0.2) is 8.42 Å². The van der Waals surface area contributed by atoms with Gasteiger partial charge in [0.05, 0.1) is 23.7 Å². The minimum absolute atomic E-state index is 0.111. The van der Waals surface area contributed by atoms with Crippen molar-refractivity contribution in [3.8, 4) is 12.3 Å². The molecule has 2 unspecified atom stereocenters. The Morgan fingerprint density at radius 2 is 2.38 bits per heavy atom. The van der Waals surface area contributed by atoms with Crippen molar-refractivity contribution in [2.45, 2.75) is 31.1 Å². The van der Waals surface area contributed by atoms with Gasteiger partial charge in [-0.3, -0.25) is 0 Å². The van der Waals surface area contributed by atoms with Gasteiger partial charge in [0.25, 0.3) is 0 Å². The molecule has 0 aromatic carbocycles. The first kappa shape index (κ1) is 13.5. The van der Waals surface area contributed by atoms with Crippen LogP contribution in [0, 0.1) is 12.3 Å². The van der Waals surface area contributed by atoms with Gasteiger partial charge in [0.15, 0.2) is 9.84 Å². The van der Waals surface area contributed by atoms with E-state index in [-0.39, 0.29) is 11.9 Å². The Bertz CT molecular complexity index is 339. The molecule has 1 N–H and O–H groups in total. The molecular formula is C11H19NO3S. The highest BCUT2D eigenvalue weighted by Gasteiger charge is 2.27. The largest absolute Gasteiger partial charge is 0.377 e. The summed E-state index contributed by atoms with van der Waals surface area (Å²) >= 11 is 0. The number of nitrogens with one attached hydrogen (secondary N) is 1. The van der Waals surface area contributed by atoms with E-state index in [9.17, 15) is 8.42 Å². The second kappa shape index (κ2) is 6.24. The maximum Gasteiger partial charge on any atom is 0.156 e. The lowest BCUT2D eigenvalue weighted by Gasteiger charge is -2.15. The SMILES string of the molecule is C#CCNCC(C)S(=O)(=O)CC1CCCO1. The Kier molecular flexibility index (Phi) is 5.26. The first-order valence-electron chi connectivity index (χ1n) is 5.53. The molecular weight excluding hydrogens is 226 g/mol. The predicted octanol–water partition coefficient (Wildman–Crippen LogP) is 0.192. The number of sulfone groups is 1. The van der Waals surface area contributed by atoms with Crippen LogP contribution in [0.25, 0.3) is 0 Å². The van der Waals surface area contributed by atoms with Crippen LogP contribution in [0.15, 0.2) is 0 Å². The normalized spacial score (nSPS) is 22.9. The van der Waals surface area contributed by atoms with Crippen molar-refractivity contribution in [3.63, 3.8) is 0 Å². The van der Waals surface area contributed by atoms with Gasteiger partial charge < -0.3 is 10.1 Å². The molecule has 92 valence electrons. The van der Waals surface area contributed by atoms with Crippen molar-refractivity contribution >= 4 is 9.84 Å². The molecule has 0 spiro atoms. The third-order valence-electron chi connectivity index (χ3n) is 2.71. The van der Waals surface area contributed by atoms with Crippen molar-refractivity contribution in [1.82, 2.24) is 5.32 Å². The molecule has 5 heteroatoms. The van der Waals surface area contributed by atoms with Gasteiger partial charge in [-0.2, -0.15) is 0 Å². The third kappa shape index (κ3) is 4.12. The molecule has 1 rings (SSSR count). The zero-order valence-electron chi connectivity index (χ0n) is 9.61. The third-order valence-corrected chi connectivity index (χ3v) is 4.94. The Labute approximate surface area is 97.7 Å². The second-order valence-corrected chi connectivity index (χ2v) is 6.57. The molecule has 2 atom stereocenters. The van der Waals surface area contributed by atoms with Crippen molar-refractivity contribution in [1.29, 1.82) is 0 Å². The van der Waals surface area contributed by atoms with Crippen LogP contribution in [0.3, 0.4) is 0 Å². The van der Waals surface area contributed by atoms with Crippen LogP contribution in [0.4, 0.5) is 0 Å². The number of hydrogen-bond acceptors (Lipinski definition) is 4. The lowest BCUT2D eigenvalue weighted by atomic mass is 10.3. The molecule has 1 saturated heterocycles. The zero-order chi connectivity index (χ0) is 12.0. The fourth-order valence-electron chi connectivity index (χ4n) is 1.67. The van der Waals surface area contributed by atoms with Gasteiger partial charge in [-0.05, 0) is 19.8 Å². The Morgan fingerprint density at radius 1 is 1.62 bits per heavy atom. The molecule has 1 heterocycles. The van der Waals surface area contributed by atoms with Gasteiger partial charge in [0.2, 0.25) is 0 Å². The van der Waals surface area contributed by atoms with E-state index >= 15 is 0 Å². The van der Waals surface area contributed by atoms with Crippen molar-refractivity contribution in [2.75, 3.05) is 25.4 Å². The summed E-state index contributed by atoms with van der Waals surface area (Å²) in [4.78, 5) is 0. The number of rotatable bonds is 6. The van der Waals surface area contributed by atoms with Gasteiger partial charge >= 0.3 is 0 Å². The summed E-state index contributed by atoms with van der Waals surface area (Å²) in [7, 11) is -3.08. The van der Waals surface area contributed by atoms with Crippen LogP contribution in [-0.4, -0.2) is 45.2 Å². The van der Waals surface area contributed by atoms with Crippen molar-refractivity contribution < 1.29 is 13.2 Å². The molecule has 1 aliphatic rings. The quantitative estimate of drug-likeness (QED) is 0.536. The second-order valence-electron chi connectivity index (χ2n) is 4.11. The molecule has 0 saturated carbocycles. The fourth-order valence-corrected chi connectivity index (χ4v) is 3.16. The molecule has 16 heavy (non-hydrogen) atoms. The fraction of sp³-hybridized carbons (Fsp3) is 0.818. The molecule has 4 nitrogen and oxygen atoms in total. The number of ether oxygens (including phenoxy) is 1. The summed E-state index contributed by atoms with van der Waals surface area (Å²) in [6, 6.07) is 0. The highest BCUT2D eigenvalue weighted by molar-refractivity contribution is 7.92.